The van der Waals surface area contributed by atoms with Gasteiger partial charge in [-0.2, -0.15) is 0 Å². The molecule has 400 valence electrons. The number of furan rings is 2. The third kappa shape index (κ3) is 7.26. The summed E-state index contributed by atoms with van der Waals surface area (Å²) >= 11 is 0. The van der Waals surface area contributed by atoms with Gasteiger partial charge >= 0.3 is 0 Å². The number of hydrogen-bond acceptors (Lipinski definition) is 6. The van der Waals surface area contributed by atoms with Crippen LogP contribution in [0.15, 0.2) is 262 Å². The predicted molar refractivity (Wildman–Crippen MR) is 352 cm³/mol. The minimum Gasteiger partial charge on any atom is -0.455 e. The van der Waals surface area contributed by atoms with Crippen LogP contribution in [0.5, 0.6) is 0 Å². The lowest BCUT2D eigenvalue weighted by molar-refractivity contribution is 0.667. The van der Waals surface area contributed by atoms with Gasteiger partial charge in [0.2, 0.25) is 0 Å². The van der Waals surface area contributed by atoms with Gasteiger partial charge in [0.1, 0.15) is 23.4 Å². The average Bonchev–Trinajstić information content (AvgIpc) is 1.51. The van der Waals surface area contributed by atoms with Crippen molar-refractivity contribution < 1.29 is 8.83 Å². The molecule has 0 N–H and O–H groups in total. The lowest BCUT2D eigenvalue weighted by Crippen LogP contribution is -2.44. The van der Waals surface area contributed by atoms with Gasteiger partial charge in [-0.25, -0.2) is 0 Å². The molecule has 0 radical (unpaired) electrons. The molecule has 6 nitrogen and oxygen atoms in total. The Morgan fingerprint density at radius 3 is 2.01 bits per heavy atom. The number of anilines is 4. The van der Waals surface area contributed by atoms with Crippen LogP contribution in [0.4, 0.5) is 22.7 Å². The second-order valence-electron chi connectivity index (χ2n) is 23.1. The highest BCUT2D eigenvalue weighted by atomic mass is 16.3. The van der Waals surface area contributed by atoms with Gasteiger partial charge in [-0.05, 0) is 127 Å². The molecule has 2 aromatic heterocycles. The number of aliphatic imine (C=N–C) groups is 1. The summed E-state index contributed by atoms with van der Waals surface area (Å²) in [7, 11) is 0. The molecule has 0 spiro atoms. The third-order valence-electron chi connectivity index (χ3n) is 18.0. The van der Waals surface area contributed by atoms with Crippen LogP contribution in [0.25, 0.3) is 105 Å². The Morgan fingerprint density at radius 2 is 1.21 bits per heavy atom. The number of rotatable bonds is 7. The topological polar surface area (TPSA) is 48.4 Å². The highest BCUT2D eigenvalue weighted by molar-refractivity contribution is 6.37. The number of benzene rings is 10. The maximum Gasteiger partial charge on any atom is 0.159 e. The van der Waals surface area contributed by atoms with E-state index in [1.165, 1.54) is 60.5 Å². The monoisotopic (exact) mass is 1080 g/mol. The molecule has 3 aliphatic heterocycles. The smallest absolute Gasteiger partial charge is 0.159 e. The number of aryl methyl sites for hydroxylation is 1. The molecule has 0 amide bonds. The van der Waals surface area contributed by atoms with Gasteiger partial charge in [0.15, 0.2) is 5.58 Å². The van der Waals surface area contributed by atoms with E-state index < -0.39 is 0 Å². The molecular weight excluding hydrogens is 1020 g/mol. The first kappa shape index (κ1) is 48.3. The van der Waals surface area contributed by atoms with Crippen molar-refractivity contribution in [2.75, 3.05) is 21.4 Å². The van der Waals surface area contributed by atoms with Crippen molar-refractivity contribution in [2.45, 2.75) is 38.8 Å². The normalized spacial score (nSPS) is 17.0. The Kier molecular flexibility index (Phi) is 10.8. The first-order valence-electron chi connectivity index (χ1n) is 29.3. The average molecular weight is 1080 g/mol. The number of nitrogens with zero attached hydrogens (tertiary/aromatic N) is 4. The Morgan fingerprint density at radius 1 is 0.488 bits per heavy atom. The van der Waals surface area contributed by atoms with Crippen molar-refractivity contribution in [3.63, 3.8) is 0 Å². The summed E-state index contributed by atoms with van der Waals surface area (Å²) in [4.78, 5) is 12.1. The van der Waals surface area contributed by atoms with Gasteiger partial charge in [0, 0.05) is 68.2 Å². The van der Waals surface area contributed by atoms with Gasteiger partial charge < -0.3 is 23.5 Å². The van der Waals surface area contributed by atoms with Crippen LogP contribution in [-0.4, -0.2) is 25.0 Å². The number of para-hydroxylation sites is 2. The van der Waals surface area contributed by atoms with E-state index in [0.717, 1.165) is 99.3 Å². The van der Waals surface area contributed by atoms with Gasteiger partial charge in [-0.1, -0.05) is 201 Å². The molecule has 0 bridgehead atoms. The number of allylic oxidation sites excluding steroid dienone is 5. The molecule has 2 atom stereocenters. The van der Waals surface area contributed by atoms with Crippen molar-refractivity contribution in [1.29, 1.82) is 0 Å². The molecule has 12 aromatic rings. The molecule has 6 heteroatoms. The van der Waals surface area contributed by atoms with Crippen LogP contribution in [-0.2, 0) is 0 Å². The fraction of sp³-hybridized carbons (Fsp3) is 0.0897. The second-order valence-corrected chi connectivity index (χ2v) is 23.1. The molecule has 10 aromatic carbocycles. The Hall–Kier alpha value is -10.4. The van der Waals surface area contributed by atoms with E-state index in [-0.39, 0.29) is 18.0 Å². The largest absolute Gasteiger partial charge is 0.455 e. The summed E-state index contributed by atoms with van der Waals surface area (Å²) in [6.07, 6.45) is 26.4. The summed E-state index contributed by atoms with van der Waals surface area (Å²) in [5.74, 6) is 0.134. The molecule has 0 saturated heterocycles. The summed E-state index contributed by atoms with van der Waals surface area (Å²) in [5, 5.41) is 11.1. The molecule has 2 aliphatic carbocycles. The van der Waals surface area contributed by atoms with E-state index in [2.05, 4.69) is 278 Å². The minimum atomic E-state index is -0.136. The number of fused-ring (bicyclic) bond motifs is 15. The van der Waals surface area contributed by atoms with Crippen molar-refractivity contribution in [1.82, 2.24) is 0 Å². The first-order valence-corrected chi connectivity index (χ1v) is 29.3. The fourth-order valence-corrected chi connectivity index (χ4v) is 14.3. The zero-order valence-corrected chi connectivity index (χ0v) is 46.8. The quantitative estimate of drug-likeness (QED) is 0.149. The van der Waals surface area contributed by atoms with Crippen LogP contribution in [0.1, 0.15) is 42.0 Å². The maximum atomic E-state index is 7.66. The summed E-state index contributed by atoms with van der Waals surface area (Å²) in [6.45, 7) is 7.31. The lowest BCUT2D eigenvalue weighted by Gasteiger charge is -2.41. The fourth-order valence-electron chi connectivity index (χ4n) is 14.3. The zero-order valence-electron chi connectivity index (χ0n) is 46.8. The second kappa shape index (κ2) is 18.8. The summed E-state index contributed by atoms with van der Waals surface area (Å²) in [5.41, 5.74) is 20.8. The minimum absolute atomic E-state index is 0.0305. The summed E-state index contributed by atoms with van der Waals surface area (Å²) < 4.78 is 15.3. The lowest BCUT2D eigenvalue weighted by atomic mass is 9.81. The SMILES string of the molecule is Cc1ccc2c(c1)=CN(c1cccc3c1oc1cc(N4c5ccccc5C(c5ccccc5)=C5C=CC=CC54)c4cc(C(C)C)c5cc(N6C=CC=NC6)c6c7cc(-c8ccccc8-c8ccccc8)ccc7oc6c5c4c13)C1C=CC=CC=21. The molecule has 17 rings (SSSR count). The van der Waals surface area contributed by atoms with E-state index in [4.69, 9.17) is 13.8 Å². The van der Waals surface area contributed by atoms with Crippen molar-refractivity contribution >= 4 is 112 Å². The Balaban J connectivity index is 1.02. The van der Waals surface area contributed by atoms with Gasteiger partial charge in [-0.3, -0.25) is 4.99 Å². The molecule has 5 aliphatic rings. The Labute approximate surface area is 486 Å². The highest BCUT2D eigenvalue weighted by Crippen LogP contribution is 2.55. The van der Waals surface area contributed by atoms with Crippen LogP contribution in [0.3, 0.4) is 0 Å². The van der Waals surface area contributed by atoms with E-state index in [1.54, 1.807) is 0 Å². The van der Waals surface area contributed by atoms with E-state index in [0.29, 0.717) is 6.67 Å². The molecule has 5 heterocycles. The van der Waals surface area contributed by atoms with E-state index in [9.17, 15) is 0 Å². The van der Waals surface area contributed by atoms with E-state index in [1.807, 2.05) is 12.3 Å². The van der Waals surface area contributed by atoms with Crippen molar-refractivity contribution in [3.8, 4) is 22.3 Å². The van der Waals surface area contributed by atoms with Crippen LogP contribution in [0.2, 0.25) is 0 Å². The van der Waals surface area contributed by atoms with Gasteiger partial charge in [0.05, 0.1) is 34.5 Å². The third-order valence-corrected chi connectivity index (χ3v) is 18.0. The van der Waals surface area contributed by atoms with Gasteiger partial charge in [-0.15, -0.1) is 0 Å². The Bertz CT molecular complexity index is 5180. The van der Waals surface area contributed by atoms with Crippen molar-refractivity contribution in [2.24, 2.45) is 4.99 Å². The summed E-state index contributed by atoms with van der Waals surface area (Å²) in [6, 6.07) is 66.7. The molecule has 2 unspecified atom stereocenters. The number of hydrogen-bond donors (Lipinski definition) is 0. The van der Waals surface area contributed by atoms with Crippen LogP contribution >= 0.6 is 0 Å². The van der Waals surface area contributed by atoms with E-state index >= 15 is 0 Å². The van der Waals surface area contributed by atoms with Crippen LogP contribution in [0, 0.1) is 6.92 Å². The maximum absolute atomic E-state index is 7.66. The van der Waals surface area contributed by atoms with Crippen molar-refractivity contribution in [3.05, 3.63) is 281 Å². The highest BCUT2D eigenvalue weighted by Gasteiger charge is 2.36. The van der Waals surface area contributed by atoms with Gasteiger partial charge in [0.25, 0.3) is 0 Å². The first-order chi connectivity index (χ1) is 41.4. The molecular formula is C78H56N4O2. The molecule has 84 heavy (non-hydrogen) atoms. The standard InChI is InChI=1S/C78H56N4O2/c1-47(2)60-42-62-68(82-65-31-16-13-27-57(65)72(50-22-8-5-9-23-50)58-28-14-17-32-66(58)82)44-71-74(59-29-18-33-67(77(59)84-71)81-45-52-40-48(3)34-36-55(52)56-26-12-15-30-64(56)81)75(62)76-61(60)43-69(80-39-19-38-79-46-80)73-63-41-51(35-37-70(63)83-78(73)76)54-25-11-10-24-53(54)49-20-6-4-7-21-49/h4-45,47,64-65H,46H2,1-3H3. The van der Waals surface area contributed by atoms with Crippen LogP contribution < -0.4 is 25.1 Å². The molecule has 0 saturated carbocycles. The molecule has 0 fully saturated rings. The zero-order chi connectivity index (χ0) is 55.7. The predicted octanol–water partition coefficient (Wildman–Crippen LogP) is 18.3.